The summed E-state index contributed by atoms with van der Waals surface area (Å²) in [7, 11) is 0. The van der Waals surface area contributed by atoms with Crippen molar-refractivity contribution in [1.82, 2.24) is 10.4 Å². The molecule has 2 fully saturated rings. The van der Waals surface area contributed by atoms with E-state index in [1.54, 1.807) is 6.92 Å². The molecule has 0 aromatic carbocycles. The van der Waals surface area contributed by atoms with Gasteiger partial charge in [-0.25, -0.2) is 0 Å². The number of hydrogen-bond donors (Lipinski definition) is 1. The third kappa shape index (κ3) is 4.45. The summed E-state index contributed by atoms with van der Waals surface area (Å²) in [6, 6.07) is 0. The van der Waals surface area contributed by atoms with E-state index in [4.69, 9.17) is 4.84 Å². The maximum absolute atomic E-state index is 12.8. The summed E-state index contributed by atoms with van der Waals surface area (Å²) in [5.74, 6) is -2.67. The van der Waals surface area contributed by atoms with E-state index in [2.05, 4.69) is 19.2 Å². The van der Waals surface area contributed by atoms with Crippen molar-refractivity contribution in [3.8, 4) is 0 Å². The van der Waals surface area contributed by atoms with Crippen molar-refractivity contribution in [1.29, 1.82) is 0 Å². The molecule has 6 unspecified atom stereocenters. The van der Waals surface area contributed by atoms with Crippen molar-refractivity contribution in [2.45, 2.75) is 66.7 Å². The highest BCUT2D eigenvalue weighted by Crippen LogP contribution is 2.40. The second-order valence-electron chi connectivity index (χ2n) is 8.34. The topological polar surface area (TPSA) is 92.8 Å². The third-order valence-electron chi connectivity index (χ3n) is 6.40. The van der Waals surface area contributed by atoms with Crippen LogP contribution in [0, 0.1) is 35.5 Å². The van der Waals surface area contributed by atoms with Gasteiger partial charge in [-0.1, -0.05) is 47.5 Å². The molecule has 7 nitrogen and oxygen atoms in total. The number of nitrogens with zero attached hydrogens (tertiary/aromatic N) is 1. The lowest BCUT2D eigenvalue weighted by Crippen LogP contribution is -2.33. The molecule has 2 aliphatic rings. The maximum atomic E-state index is 12.8. The number of rotatable bonds is 10. The zero-order chi connectivity index (χ0) is 21.0. The van der Waals surface area contributed by atoms with Gasteiger partial charge in [-0.2, -0.15) is 5.06 Å². The first kappa shape index (κ1) is 22.5. The van der Waals surface area contributed by atoms with Crippen LogP contribution in [0.25, 0.3) is 0 Å². The smallest absolute Gasteiger partial charge is 0.257 e. The molecule has 2 aliphatic heterocycles. The van der Waals surface area contributed by atoms with Crippen LogP contribution in [0.1, 0.15) is 66.7 Å². The highest BCUT2D eigenvalue weighted by Gasteiger charge is 2.51. The number of amides is 4. The molecule has 1 N–H and O–H groups in total. The Morgan fingerprint density at radius 3 is 2.21 bits per heavy atom. The van der Waals surface area contributed by atoms with Crippen molar-refractivity contribution in [3.63, 3.8) is 0 Å². The number of hydrogen-bond acceptors (Lipinski definition) is 5. The van der Waals surface area contributed by atoms with E-state index in [1.165, 1.54) is 0 Å². The van der Waals surface area contributed by atoms with Crippen molar-refractivity contribution >= 4 is 23.6 Å². The number of nitrogens with one attached hydrogen (secondary N) is 1. The zero-order valence-electron chi connectivity index (χ0n) is 17.7. The summed E-state index contributed by atoms with van der Waals surface area (Å²) in [6.45, 7) is 10.1. The Bertz CT molecular complexity index is 620. The molecule has 0 radical (unpaired) electrons. The van der Waals surface area contributed by atoms with Gasteiger partial charge in [0.2, 0.25) is 11.8 Å². The normalized spacial score (nSPS) is 30.1. The second kappa shape index (κ2) is 9.63. The molecule has 0 spiro atoms. The van der Waals surface area contributed by atoms with E-state index in [-0.39, 0.29) is 35.5 Å². The van der Waals surface area contributed by atoms with Crippen LogP contribution in [-0.2, 0) is 24.0 Å². The monoisotopic (exact) mass is 394 g/mol. The number of imide groups is 2. The van der Waals surface area contributed by atoms with Crippen LogP contribution >= 0.6 is 0 Å². The van der Waals surface area contributed by atoms with Crippen molar-refractivity contribution in [2.75, 3.05) is 6.61 Å². The fraction of sp³-hybridized carbons (Fsp3) is 0.810. The van der Waals surface area contributed by atoms with Gasteiger partial charge in [0.25, 0.3) is 11.8 Å². The fourth-order valence-corrected chi connectivity index (χ4v) is 4.38. The van der Waals surface area contributed by atoms with Gasteiger partial charge in [-0.3, -0.25) is 29.3 Å². The number of carbonyl (C=O) groups excluding carboxylic acids is 4. The highest BCUT2D eigenvalue weighted by atomic mass is 16.7. The summed E-state index contributed by atoms with van der Waals surface area (Å²) < 4.78 is 0. The molecule has 4 amide bonds. The molecule has 0 bridgehead atoms. The average molecular weight is 395 g/mol. The molecule has 2 heterocycles. The first-order valence-electron chi connectivity index (χ1n) is 10.6. The predicted octanol–water partition coefficient (Wildman–Crippen LogP) is 2.69. The molecule has 0 aromatic rings. The minimum atomic E-state index is -0.512. The number of hydroxylamine groups is 2. The Kier molecular flexibility index (Phi) is 7.75. The van der Waals surface area contributed by atoms with E-state index in [0.717, 1.165) is 11.5 Å². The Morgan fingerprint density at radius 2 is 1.64 bits per heavy atom. The molecular formula is C21H34N2O5. The molecule has 0 saturated carbocycles. The van der Waals surface area contributed by atoms with Gasteiger partial charge < -0.3 is 0 Å². The van der Waals surface area contributed by atoms with Gasteiger partial charge in [0.15, 0.2) is 0 Å². The third-order valence-corrected chi connectivity index (χ3v) is 6.40. The van der Waals surface area contributed by atoms with Crippen LogP contribution in [0.4, 0.5) is 0 Å². The van der Waals surface area contributed by atoms with Crippen LogP contribution < -0.4 is 5.32 Å². The molecule has 158 valence electrons. The van der Waals surface area contributed by atoms with Crippen molar-refractivity contribution < 1.29 is 24.0 Å². The summed E-state index contributed by atoms with van der Waals surface area (Å²) in [6.07, 6.45) is 3.39. The summed E-state index contributed by atoms with van der Waals surface area (Å²) >= 11 is 0. The molecule has 2 rings (SSSR count). The Hall–Kier alpha value is -1.76. The molecular weight excluding hydrogens is 360 g/mol. The molecule has 28 heavy (non-hydrogen) atoms. The van der Waals surface area contributed by atoms with E-state index < -0.39 is 17.8 Å². The van der Waals surface area contributed by atoms with E-state index in [0.29, 0.717) is 38.2 Å². The largest absolute Gasteiger partial charge is 0.296 e. The quantitative estimate of drug-likeness (QED) is 0.575. The Morgan fingerprint density at radius 1 is 0.964 bits per heavy atom. The van der Waals surface area contributed by atoms with E-state index >= 15 is 0 Å². The standard InChI is InChI=1S/C21H34N2O5/c1-6-9-28-23-20(26)13(5)15(21(23)27)11-14(8-3)17-16(10-12(4)7-2)18(24)22-19(17)25/h12-17H,6-11H2,1-5H3,(H,22,24,25). The van der Waals surface area contributed by atoms with Gasteiger partial charge in [0.05, 0.1) is 24.4 Å². The predicted molar refractivity (Wildman–Crippen MR) is 103 cm³/mol. The van der Waals surface area contributed by atoms with E-state index in [1.807, 2.05) is 13.8 Å². The Balaban J connectivity index is 2.17. The van der Waals surface area contributed by atoms with Gasteiger partial charge in [0.1, 0.15) is 0 Å². The Labute approximate surface area is 167 Å². The van der Waals surface area contributed by atoms with E-state index in [9.17, 15) is 19.2 Å². The fourth-order valence-electron chi connectivity index (χ4n) is 4.38. The lowest BCUT2D eigenvalue weighted by molar-refractivity contribution is -0.189. The summed E-state index contributed by atoms with van der Waals surface area (Å²) in [5.41, 5.74) is 0. The second-order valence-corrected chi connectivity index (χ2v) is 8.34. The minimum Gasteiger partial charge on any atom is -0.296 e. The summed E-state index contributed by atoms with van der Waals surface area (Å²) in [4.78, 5) is 55.5. The molecule has 6 atom stereocenters. The average Bonchev–Trinajstić information content (AvgIpc) is 3.05. The lowest BCUT2D eigenvalue weighted by atomic mass is 9.73. The highest BCUT2D eigenvalue weighted by molar-refractivity contribution is 6.05. The number of carbonyl (C=O) groups is 4. The van der Waals surface area contributed by atoms with Crippen molar-refractivity contribution in [2.24, 2.45) is 35.5 Å². The SMILES string of the molecule is CCCON1C(=O)C(C)C(CC(CC)C2C(=O)NC(=O)C2CC(C)CC)C1=O. The van der Waals surface area contributed by atoms with Crippen molar-refractivity contribution in [3.05, 3.63) is 0 Å². The van der Waals surface area contributed by atoms with Gasteiger partial charge in [-0.05, 0) is 31.1 Å². The zero-order valence-corrected chi connectivity index (χ0v) is 17.7. The van der Waals surface area contributed by atoms with Gasteiger partial charge in [-0.15, -0.1) is 0 Å². The maximum Gasteiger partial charge on any atom is 0.257 e. The van der Waals surface area contributed by atoms with Crippen LogP contribution in [0.2, 0.25) is 0 Å². The molecule has 0 aromatic heterocycles. The first-order valence-corrected chi connectivity index (χ1v) is 10.6. The van der Waals surface area contributed by atoms with Gasteiger partial charge >= 0.3 is 0 Å². The molecule has 0 aliphatic carbocycles. The van der Waals surface area contributed by atoms with Crippen LogP contribution in [0.5, 0.6) is 0 Å². The van der Waals surface area contributed by atoms with Crippen LogP contribution in [0.3, 0.4) is 0 Å². The van der Waals surface area contributed by atoms with Gasteiger partial charge in [0, 0.05) is 5.92 Å². The van der Waals surface area contributed by atoms with Crippen LogP contribution in [0.15, 0.2) is 0 Å². The molecule has 7 heteroatoms. The summed E-state index contributed by atoms with van der Waals surface area (Å²) in [5, 5.41) is 3.39. The first-order chi connectivity index (χ1) is 13.3. The molecule has 2 saturated heterocycles. The lowest BCUT2D eigenvalue weighted by Gasteiger charge is -2.28. The van der Waals surface area contributed by atoms with Crippen LogP contribution in [-0.4, -0.2) is 35.3 Å². The minimum absolute atomic E-state index is 0.129.